The minimum atomic E-state index is -4.76. The summed E-state index contributed by atoms with van der Waals surface area (Å²) in [6, 6.07) is -1.55. The van der Waals surface area contributed by atoms with E-state index in [0.29, 0.717) is 32.1 Å². The highest BCUT2D eigenvalue weighted by Crippen LogP contribution is 2.43. The van der Waals surface area contributed by atoms with Crippen LogP contribution in [-0.4, -0.2) is 82.3 Å². The van der Waals surface area contributed by atoms with Gasteiger partial charge in [-0.3, -0.25) is 23.4 Å². The first-order valence-electron chi connectivity index (χ1n) is 23.2. The quantitative estimate of drug-likeness (QED) is 0.0127. The number of hydrogen-bond acceptors (Lipinski definition) is 11. The van der Waals surface area contributed by atoms with Crippen LogP contribution in [0.3, 0.4) is 0 Å². The largest absolute Gasteiger partial charge is 0.480 e. The predicted octanol–water partition coefficient (Wildman–Crippen LogP) is 10.4. The number of aliphatic hydroxyl groups excluding tert-OH is 2. The average Bonchev–Trinajstić information content (AvgIpc) is 3.24. The second-order valence-corrected chi connectivity index (χ2v) is 17.0. The van der Waals surface area contributed by atoms with Crippen molar-refractivity contribution in [2.45, 2.75) is 192 Å². The van der Waals surface area contributed by atoms with Gasteiger partial charge in [-0.05, 0) is 38.5 Å². The first-order chi connectivity index (χ1) is 29.9. The van der Waals surface area contributed by atoms with Crippen molar-refractivity contribution in [2.24, 2.45) is 5.73 Å². The highest BCUT2D eigenvalue weighted by atomic mass is 31.2. The Kier molecular flexibility index (Phi) is 39.7. The van der Waals surface area contributed by atoms with Gasteiger partial charge in [-0.15, -0.1) is 0 Å². The second-order valence-electron chi connectivity index (χ2n) is 15.6. The number of aliphatic hydroxyl groups is 2. The molecule has 0 aromatic carbocycles. The fraction of sp³-hybridized carbons (Fsp3) is 0.688. The van der Waals surface area contributed by atoms with Gasteiger partial charge >= 0.3 is 25.7 Å². The molecule has 0 saturated carbocycles. The lowest BCUT2D eigenvalue weighted by Crippen LogP contribution is -2.34. The van der Waals surface area contributed by atoms with Gasteiger partial charge in [0.25, 0.3) is 0 Å². The van der Waals surface area contributed by atoms with Crippen LogP contribution < -0.4 is 5.73 Å². The van der Waals surface area contributed by atoms with Gasteiger partial charge in [0, 0.05) is 12.8 Å². The number of phosphoric ester groups is 1. The molecule has 0 saturated heterocycles. The van der Waals surface area contributed by atoms with E-state index in [0.717, 1.165) is 25.7 Å². The number of esters is 2. The molecule has 0 rings (SSSR count). The second kappa shape index (κ2) is 41.8. The van der Waals surface area contributed by atoms with Gasteiger partial charge in [0.1, 0.15) is 12.6 Å². The molecular formula is C48H82NO12P. The van der Waals surface area contributed by atoms with E-state index in [2.05, 4.69) is 11.4 Å². The number of nitrogens with two attached hydrogens (primary N) is 1. The number of carbonyl (C=O) groups excluding carboxylic acids is 2. The number of carboxylic acid groups (broad SMARTS) is 1. The van der Waals surface area contributed by atoms with Crippen LogP contribution in [0.15, 0.2) is 72.9 Å². The summed E-state index contributed by atoms with van der Waals surface area (Å²) >= 11 is 0. The molecule has 0 radical (unpaired) electrons. The van der Waals surface area contributed by atoms with Crippen molar-refractivity contribution in [1.82, 2.24) is 0 Å². The third-order valence-electron chi connectivity index (χ3n) is 9.65. The molecule has 5 atom stereocenters. The molecule has 0 heterocycles. The summed E-state index contributed by atoms with van der Waals surface area (Å²) in [4.78, 5) is 46.0. The van der Waals surface area contributed by atoms with Crippen LogP contribution in [0.4, 0.5) is 0 Å². The summed E-state index contributed by atoms with van der Waals surface area (Å²) in [5.74, 6) is -2.57. The Hall–Kier alpha value is -3.16. The zero-order valence-corrected chi connectivity index (χ0v) is 38.8. The van der Waals surface area contributed by atoms with Gasteiger partial charge in [-0.25, -0.2) is 4.57 Å². The van der Waals surface area contributed by atoms with Crippen LogP contribution in [0.1, 0.15) is 168 Å². The van der Waals surface area contributed by atoms with Crippen LogP contribution in [0.5, 0.6) is 0 Å². The van der Waals surface area contributed by atoms with Crippen molar-refractivity contribution in [3.8, 4) is 0 Å². The van der Waals surface area contributed by atoms with E-state index >= 15 is 0 Å². The molecule has 0 amide bonds. The molecule has 62 heavy (non-hydrogen) atoms. The number of hydrogen-bond donors (Lipinski definition) is 5. The summed E-state index contributed by atoms with van der Waals surface area (Å²) in [6.07, 6.45) is 43.3. The maximum Gasteiger partial charge on any atom is 0.472 e. The lowest BCUT2D eigenvalue weighted by atomic mass is 10.0. The van der Waals surface area contributed by atoms with Gasteiger partial charge < -0.3 is 35.4 Å². The number of allylic oxidation sites excluding steroid dienone is 8. The van der Waals surface area contributed by atoms with Crippen molar-refractivity contribution in [3.05, 3.63) is 72.9 Å². The molecule has 0 aliphatic carbocycles. The van der Waals surface area contributed by atoms with Gasteiger partial charge in [0.2, 0.25) is 0 Å². The Bertz CT molecular complexity index is 1360. The number of unbranched alkanes of at least 4 members (excludes halogenated alkanes) is 16. The lowest BCUT2D eigenvalue weighted by molar-refractivity contribution is -0.161. The summed E-state index contributed by atoms with van der Waals surface area (Å²) in [5, 5.41) is 28.9. The van der Waals surface area contributed by atoms with Crippen molar-refractivity contribution < 1.29 is 57.7 Å². The number of carbonyl (C=O) groups is 3. The van der Waals surface area contributed by atoms with E-state index in [4.69, 9.17) is 24.8 Å². The third kappa shape index (κ3) is 40.9. The van der Waals surface area contributed by atoms with Crippen molar-refractivity contribution in [2.75, 3.05) is 19.8 Å². The zero-order chi connectivity index (χ0) is 45.9. The number of carboxylic acids is 1. The Morgan fingerprint density at radius 3 is 1.60 bits per heavy atom. The van der Waals surface area contributed by atoms with Crippen LogP contribution >= 0.6 is 7.82 Å². The Labute approximate surface area is 373 Å². The van der Waals surface area contributed by atoms with E-state index in [9.17, 15) is 34.1 Å². The molecule has 0 aliphatic rings. The van der Waals surface area contributed by atoms with E-state index in [1.807, 2.05) is 43.4 Å². The Morgan fingerprint density at radius 1 is 0.597 bits per heavy atom. The number of aliphatic carboxylic acids is 1. The SMILES string of the molecule is CC/C=C\C[C@@H](O)/C=C/C=C\C=C\[C@@H](O)C/C=C\C/C=C\CCC(=O)OC[C@H](COP(=O)(O)OC[C@H](N)C(=O)O)OC(=O)CCCCCCCCCCCCCCCCCCC. The molecule has 14 heteroatoms. The molecule has 0 aromatic heterocycles. The van der Waals surface area contributed by atoms with E-state index in [1.54, 1.807) is 36.5 Å². The summed E-state index contributed by atoms with van der Waals surface area (Å²) in [5.41, 5.74) is 5.33. The molecule has 0 bridgehead atoms. The van der Waals surface area contributed by atoms with Crippen LogP contribution in [0, 0.1) is 0 Å². The highest BCUT2D eigenvalue weighted by molar-refractivity contribution is 7.47. The van der Waals surface area contributed by atoms with E-state index in [1.165, 1.54) is 83.5 Å². The summed E-state index contributed by atoms with van der Waals surface area (Å²) in [6.45, 7) is 2.44. The van der Waals surface area contributed by atoms with Crippen molar-refractivity contribution >= 4 is 25.7 Å². The predicted molar refractivity (Wildman–Crippen MR) is 247 cm³/mol. The van der Waals surface area contributed by atoms with Crippen LogP contribution in [-0.2, 0) is 37.5 Å². The normalized spacial score (nSPS) is 15.3. The average molecular weight is 896 g/mol. The smallest absolute Gasteiger partial charge is 0.472 e. The molecule has 356 valence electrons. The van der Waals surface area contributed by atoms with E-state index in [-0.39, 0.29) is 12.8 Å². The molecule has 0 spiro atoms. The molecule has 0 fully saturated rings. The maximum absolute atomic E-state index is 12.7. The fourth-order valence-electron chi connectivity index (χ4n) is 5.97. The number of rotatable bonds is 42. The van der Waals surface area contributed by atoms with Gasteiger partial charge in [0.15, 0.2) is 6.10 Å². The number of ether oxygens (including phenoxy) is 2. The zero-order valence-electron chi connectivity index (χ0n) is 37.9. The topological polar surface area (TPSA) is 212 Å². The van der Waals surface area contributed by atoms with Crippen molar-refractivity contribution in [3.63, 3.8) is 0 Å². The summed E-state index contributed by atoms with van der Waals surface area (Å²) < 4.78 is 32.6. The lowest BCUT2D eigenvalue weighted by Gasteiger charge is -2.20. The van der Waals surface area contributed by atoms with Crippen molar-refractivity contribution in [1.29, 1.82) is 0 Å². The monoisotopic (exact) mass is 896 g/mol. The van der Waals surface area contributed by atoms with Gasteiger partial charge in [0.05, 0.1) is 25.4 Å². The molecule has 1 unspecified atom stereocenters. The van der Waals surface area contributed by atoms with Gasteiger partial charge in [-0.1, -0.05) is 189 Å². The fourth-order valence-corrected chi connectivity index (χ4v) is 6.75. The highest BCUT2D eigenvalue weighted by Gasteiger charge is 2.28. The minimum absolute atomic E-state index is 0.0384. The standard InChI is InChI=1S/C48H82NO12P/c1-3-5-7-8-9-10-11-12-13-14-15-16-17-18-19-24-32-38-47(53)61-44(40-59-62(56,57)60-41-45(49)48(54)55)39-58-46(52)37-31-23-21-20-22-28-34-43(51)36-30-26-25-29-35-42(50)33-27-6-4-2/h6,21-23,25-30,35-36,42-45,50-51H,3-5,7-20,24,31-34,37-41,49H2,1-2H3,(H,54,55)(H,56,57)/b23-21-,26-25-,27-6-,28-22-,35-29+,36-30+/t42-,43+,44-,45+/m1/s1. The molecular weight excluding hydrogens is 813 g/mol. The first-order valence-corrected chi connectivity index (χ1v) is 24.7. The van der Waals surface area contributed by atoms with Crippen LogP contribution in [0.2, 0.25) is 0 Å². The summed E-state index contributed by atoms with van der Waals surface area (Å²) in [7, 11) is -4.76. The third-order valence-corrected chi connectivity index (χ3v) is 10.6. The first kappa shape index (κ1) is 58.8. The van der Waals surface area contributed by atoms with Crippen LogP contribution in [0.25, 0.3) is 0 Å². The Balaban J connectivity index is 4.54. The van der Waals surface area contributed by atoms with E-state index < -0.39 is 69.9 Å². The number of phosphoric acid groups is 1. The molecule has 0 aromatic rings. The molecule has 6 N–H and O–H groups in total. The maximum atomic E-state index is 12.7. The molecule has 13 nitrogen and oxygen atoms in total. The molecule has 0 aliphatic heterocycles. The minimum Gasteiger partial charge on any atom is -0.480 e. The van der Waals surface area contributed by atoms with Gasteiger partial charge in [-0.2, -0.15) is 0 Å². The Morgan fingerprint density at radius 2 is 1.08 bits per heavy atom.